The zero-order valence-corrected chi connectivity index (χ0v) is 13.3. The summed E-state index contributed by atoms with van der Waals surface area (Å²) in [6.45, 7) is 1.60. The number of rotatable bonds is 4. The molecule has 1 aromatic rings. The number of nitrogens with one attached hydrogen (secondary N) is 1. The normalized spacial score (nSPS) is 32.6. The van der Waals surface area contributed by atoms with Gasteiger partial charge in [0.2, 0.25) is 0 Å². The Labute approximate surface area is 135 Å². The number of hydrogen-bond acceptors (Lipinski definition) is 4. The first-order chi connectivity index (χ1) is 10.8. The molecule has 3 aliphatic rings. The van der Waals surface area contributed by atoms with E-state index in [1.807, 2.05) is 0 Å². The SMILES string of the molecule is Cc1cc(F)ccc1OCC(=O)NC12CCC(N)(CC1)C(O)C2. The van der Waals surface area contributed by atoms with Gasteiger partial charge in [0.25, 0.3) is 5.91 Å². The van der Waals surface area contributed by atoms with Gasteiger partial charge >= 0.3 is 0 Å². The highest BCUT2D eigenvalue weighted by Gasteiger charge is 2.52. The number of aliphatic hydroxyl groups excluding tert-OH is 1. The molecule has 1 aromatic carbocycles. The fraction of sp³-hybridized carbons (Fsp3) is 0.588. The van der Waals surface area contributed by atoms with E-state index >= 15 is 0 Å². The number of hydrogen-bond donors (Lipinski definition) is 3. The number of nitrogens with two attached hydrogens (primary N) is 1. The van der Waals surface area contributed by atoms with Crippen LogP contribution in [0.3, 0.4) is 0 Å². The van der Waals surface area contributed by atoms with E-state index in [0.29, 0.717) is 30.6 Å². The van der Waals surface area contributed by atoms with Crippen molar-refractivity contribution in [3.05, 3.63) is 29.6 Å². The van der Waals surface area contributed by atoms with E-state index in [1.54, 1.807) is 6.92 Å². The van der Waals surface area contributed by atoms with Gasteiger partial charge in [-0.25, -0.2) is 4.39 Å². The molecule has 0 saturated heterocycles. The molecular formula is C17H23FN2O3. The lowest BCUT2D eigenvalue weighted by atomic mass is 9.60. The molecule has 0 radical (unpaired) electrons. The molecule has 1 atom stereocenters. The molecule has 0 aliphatic heterocycles. The fourth-order valence-electron chi connectivity index (χ4n) is 3.73. The second kappa shape index (κ2) is 5.76. The van der Waals surface area contributed by atoms with E-state index in [0.717, 1.165) is 12.8 Å². The van der Waals surface area contributed by atoms with Crippen molar-refractivity contribution in [1.82, 2.24) is 5.32 Å². The van der Waals surface area contributed by atoms with E-state index in [4.69, 9.17) is 10.5 Å². The third-order valence-corrected chi connectivity index (χ3v) is 5.29. The van der Waals surface area contributed by atoms with Crippen molar-refractivity contribution < 1.29 is 19.0 Å². The number of carbonyl (C=O) groups is 1. The Morgan fingerprint density at radius 2 is 2.13 bits per heavy atom. The number of amides is 1. The monoisotopic (exact) mass is 322 g/mol. The Bertz CT molecular complexity index is 612. The zero-order chi connectivity index (χ0) is 16.7. The first kappa shape index (κ1) is 16.2. The molecule has 3 fully saturated rings. The molecule has 0 spiro atoms. The summed E-state index contributed by atoms with van der Waals surface area (Å²) in [5, 5.41) is 13.2. The number of halogens is 1. The number of ether oxygens (including phenoxy) is 1. The number of carbonyl (C=O) groups excluding carboxylic acids is 1. The molecule has 4 N–H and O–H groups in total. The summed E-state index contributed by atoms with van der Waals surface area (Å²) in [4.78, 5) is 12.2. The van der Waals surface area contributed by atoms with Crippen molar-refractivity contribution >= 4 is 5.91 Å². The third-order valence-electron chi connectivity index (χ3n) is 5.29. The van der Waals surface area contributed by atoms with Crippen molar-refractivity contribution in [1.29, 1.82) is 0 Å². The molecule has 126 valence electrons. The van der Waals surface area contributed by atoms with Gasteiger partial charge in [-0.1, -0.05) is 0 Å². The maximum atomic E-state index is 13.1. The van der Waals surface area contributed by atoms with Gasteiger partial charge in [0.15, 0.2) is 6.61 Å². The fourth-order valence-corrected chi connectivity index (χ4v) is 3.73. The molecule has 2 bridgehead atoms. The molecule has 0 heterocycles. The van der Waals surface area contributed by atoms with Gasteiger partial charge in [0, 0.05) is 11.1 Å². The smallest absolute Gasteiger partial charge is 0.258 e. The van der Waals surface area contributed by atoms with Crippen LogP contribution in [0.15, 0.2) is 18.2 Å². The highest BCUT2D eigenvalue weighted by molar-refractivity contribution is 5.78. The molecule has 3 saturated carbocycles. The van der Waals surface area contributed by atoms with Gasteiger partial charge in [-0.15, -0.1) is 0 Å². The van der Waals surface area contributed by atoms with Gasteiger partial charge < -0.3 is 20.9 Å². The van der Waals surface area contributed by atoms with Crippen LogP contribution in [0.25, 0.3) is 0 Å². The second-order valence-corrected chi connectivity index (χ2v) is 6.98. The van der Waals surface area contributed by atoms with E-state index in [9.17, 15) is 14.3 Å². The van der Waals surface area contributed by atoms with Crippen molar-refractivity contribution in [2.24, 2.45) is 5.73 Å². The van der Waals surface area contributed by atoms with Crippen molar-refractivity contribution in [3.63, 3.8) is 0 Å². The minimum atomic E-state index is -0.578. The Balaban J connectivity index is 1.57. The predicted molar refractivity (Wildman–Crippen MR) is 83.5 cm³/mol. The molecule has 23 heavy (non-hydrogen) atoms. The summed E-state index contributed by atoms with van der Waals surface area (Å²) < 4.78 is 18.5. The maximum absolute atomic E-state index is 13.1. The zero-order valence-electron chi connectivity index (χ0n) is 13.3. The standard InChI is InChI=1S/C17H23FN2O3/c1-11-8-12(18)2-3-13(11)23-10-15(22)20-16-4-6-17(19,7-5-16)14(21)9-16/h2-3,8,14,21H,4-7,9-10,19H2,1H3,(H,20,22). The Hall–Kier alpha value is -1.66. The second-order valence-electron chi connectivity index (χ2n) is 6.98. The molecule has 4 rings (SSSR count). The molecule has 6 heteroatoms. The predicted octanol–water partition coefficient (Wildman–Crippen LogP) is 1.40. The molecule has 1 unspecified atom stereocenters. The van der Waals surface area contributed by atoms with Gasteiger partial charge in [0.1, 0.15) is 11.6 Å². The minimum absolute atomic E-state index is 0.127. The first-order valence-corrected chi connectivity index (χ1v) is 7.99. The summed E-state index contributed by atoms with van der Waals surface area (Å²) in [6.07, 6.45) is 2.90. The van der Waals surface area contributed by atoms with Crippen LogP contribution in [-0.4, -0.2) is 34.8 Å². The van der Waals surface area contributed by atoms with Crippen LogP contribution in [0, 0.1) is 12.7 Å². The van der Waals surface area contributed by atoms with Crippen molar-refractivity contribution in [2.75, 3.05) is 6.61 Å². The molecule has 1 amide bonds. The van der Waals surface area contributed by atoms with Gasteiger partial charge in [-0.2, -0.15) is 0 Å². The Morgan fingerprint density at radius 1 is 1.43 bits per heavy atom. The van der Waals surface area contributed by atoms with E-state index in [2.05, 4.69) is 5.32 Å². The summed E-state index contributed by atoms with van der Waals surface area (Å²) in [5.74, 6) is -0.0680. The van der Waals surface area contributed by atoms with Crippen molar-refractivity contribution in [2.45, 2.75) is 56.2 Å². The van der Waals surface area contributed by atoms with Gasteiger partial charge in [-0.05, 0) is 62.8 Å². The Kier molecular flexibility index (Phi) is 4.06. The minimum Gasteiger partial charge on any atom is -0.484 e. The number of benzene rings is 1. The van der Waals surface area contributed by atoms with Crippen LogP contribution < -0.4 is 15.8 Å². The quantitative estimate of drug-likeness (QED) is 0.782. The van der Waals surface area contributed by atoms with E-state index in [1.165, 1.54) is 18.2 Å². The van der Waals surface area contributed by atoms with Gasteiger partial charge in [0.05, 0.1) is 6.10 Å². The van der Waals surface area contributed by atoms with E-state index in [-0.39, 0.29) is 23.9 Å². The average molecular weight is 322 g/mol. The summed E-state index contributed by atoms with van der Waals surface area (Å²) in [5.41, 5.74) is 5.95. The van der Waals surface area contributed by atoms with Crippen molar-refractivity contribution in [3.8, 4) is 5.75 Å². The highest BCUT2D eigenvalue weighted by Crippen LogP contribution is 2.45. The lowest BCUT2D eigenvalue weighted by molar-refractivity contribution is -0.128. The molecular weight excluding hydrogens is 299 g/mol. The number of fused-ring (bicyclic) bond motifs is 3. The topological polar surface area (TPSA) is 84.6 Å². The molecule has 3 aliphatic carbocycles. The third kappa shape index (κ3) is 3.19. The highest BCUT2D eigenvalue weighted by atomic mass is 19.1. The van der Waals surface area contributed by atoms with Crippen LogP contribution in [0.1, 0.15) is 37.7 Å². The molecule has 5 nitrogen and oxygen atoms in total. The van der Waals surface area contributed by atoms with E-state index < -0.39 is 11.6 Å². The summed E-state index contributed by atoms with van der Waals surface area (Å²) in [6, 6.07) is 4.19. The van der Waals surface area contributed by atoms with Crippen LogP contribution >= 0.6 is 0 Å². The number of aryl methyl sites for hydroxylation is 1. The number of aliphatic hydroxyl groups is 1. The largest absolute Gasteiger partial charge is 0.484 e. The van der Waals surface area contributed by atoms with Crippen LogP contribution in [0.5, 0.6) is 5.75 Å². The van der Waals surface area contributed by atoms with Crippen LogP contribution in [-0.2, 0) is 4.79 Å². The van der Waals surface area contributed by atoms with Crippen LogP contribution in [0.2, 0.25) is 0 Å². The first-order valence-electron chi connectivity index (χ1n) is 7.99. The maximum Gasteiger partial charge on any atom is 0.258 e. The lowest BCUT2D eigenvalue weighted by Gasteiger charge is -2.54. The molecule has 0 aromatic heterocycles. The lowest BCUT2D eigenvalue weighted by Crippen LogP contribution is -2.68. The average Bonchev–Trinajstić information content (AvgIpc) is 2.48. The van der Waals surface area contributed by atoms with Gasteiger partial charge in [-0.3, -0.25) is 4.79 Å². The summed E-state index contributed by atoms with van der Waals surface area (Å²) >= 11 is 0. The van der Waals surface area contributed by atoms with Crippen LogP contribution in [0.4, 0.5) is 4.39 Å². The summed E-state index contributed by atoms with van der Waals surface area (Å²) in [7, 11) is 0. The Morgan fingerprint density at radius 3 is 2.74 bits per heavy atom.